The zero-order chi connectivity index (χ0) is 14.5. The molecule has 1 heterocycles. The Kier molecular flexibility index (Phi) is 4.98. The molecular formula is C15H21NO4. The van der Waals surface area contributed by atoms with Gasteiger partial charge < -0.3 is 19.5 Å². The van der Waals surface area contributed by atoms with Crippen LogP contribution in [0.5, 0.6) is 11.5 Å². The van der Waals surface area contributed by atoms with Crippen LogP contribution in [0, 0.1) is 5.92 Å². The van der Waals surface area contributed by atoms with Crippen molar-refractivity contribution in [3.63, 3.8) is 0 Å². The lowest BCUT2D eigenvalue weighted by atomic mass is 9.92. The smallest absolute Gasteiger partial charge is 0.177 e. The molecule has 0 saturated carbocycles. The minimum Gasteiger partial charge on any atom is -0.496 e. The lowest BCUT2D eigenvalue weighted by Gasteiger charge is -2.19. The lowest BCUT2D eigenvalue weighted by molar-refractivity contribution is 0.0885. The van der Waals surface area contributed by atoms with Gasteiger partial charge in [0.25, 0.3) is 0 Å². The summed E-state index contributed by atoms with van der Waals surface area (Å²) in [5.74, 6) is 0.871. The summed E-state index contributed by atoms with van der Waals surface area (Å²) in [6.45, 7) is 3.81. The highest BCUT2D eigenvalue weighted by Gasteiger charge is 2.36. The van der Waals surface area contributed by atoms with Gasteiger partial charge in [-0.2, -0.15) is 0 Å². The molecule has 20 heavy (non-hydrogen) atoms. The molecule has 0 spiro atoms. The van der Waals surface area contributed by atoms with Crippen molar-refractivity contribution in [2.75, 3.05) is 34.0 Å². The van der Waals surface area contributed by atoms with E-state index in [1.165, 1.54) is 0 Å². The van der Waals surface area contributed by atoms with Crippen LogP contribution in [0.4, 0.5) is 0 Å². The van der Waals surface area contributed by atoms with Gasteiger partial charge in [0.15, 0.2) is 5.78 Å². The summed E-state index contributed by atoms with van der Waals surface area (Å²) in [5.41, 5.74) is 0.496. The first-order chi connectivity index (χ1) is 9.72. The van der Waals surface area contributed by atoms with E-state index in [0.29, 0.717) is 30.3 Å². The molecule has 1 fully saturated rings. The summed E-state index contributed by atoms with van der Waals surface area (Å²) < 4.78 is 16.1. The van der Waals surface area contributed by atoms with Gasteiger partial charge in [-0.1, -0.05) is 13.0 Å². The van der Waals surface area contributed by atoms with Gasteiger partial charge in [0.05, 0.1) is 33.4 Å². The first-order valence-electron chi connectivity index (χ1n) is 6.79. The van der Waals surface area contributed by atoms with Crippen LogP contribution in [0.3, 0.4) is 0 Å². The molecule has 1 aromatic carbocycles. The van der Waals surface area contributed by atoms with E-state index >= 15 is 0 Å². The van der Waals surface area contributed by atoms with Crippen LogP contribution in [-0.2, 0) is 4.74 Å². The molecule has 0 bridgehead atoms. The Hall–Kier alpha value is -1.59. The summed E-state index contributed by atoms with van der Waals surface area (Å²) in [6.07, 6.45) is 0. The molecule has 0 radical (unpaired) electrons. The van der Waals surface area contributed by atoms with E-state index < -0.39 is 0 Å². The molecule has 2 rings (SSSR count). The highest BCUT2D eigenvalue weighted by Crippen LogP contribution is 2.32. The molecule has 1 aromatic rings. The molecule has 2 atom stereocenters. The van der Waals surface area contributed by atoms with Crippen molar-refractivity contribution < 1.29 is 19.0 Å². The Morgan fingerprint density at radius 2 is 1.95 bits per heavy atom. The molecule has 1 aliphatic rings. The number of carbonyl (C=O) groups excluding carboxylic acids is 1. The van der Waals surface area contributed by atoms with E-state index in [1.54, 1.807) is 32.4 Å². The van der Waals surface area contributed by atoms with Gasteiger partial charge in [0.1, 0.15) is 17.1 Å². The number of Topliss-reactive ketones (excluding diaryl/α,β-unsaturated/α-hetero) is 1. The Labute approximate surface area is 119 Å². The normalized spacial score (nSPS) is 21.8. The third-order valence-electron chi connectivity index (χ3n) is 3.56. The molecule has 0 amide bonds. The summed E-state index contributed by atoms with van der Waals surface area (Å²) in [5, 5.41) is 3.29. The third kappa shape index (κ3) is 2.78. The Bertz CT molecular complexity index is 453. The van der Waals surface area contributed by atoms with Crippen molar-refractivity contribution in [1.82, 2.24) is 5.32 Å². The van der Waals surface area contributed by atoms with Crippen LogP contribution >= 0.6 is 0 Å². The quantitative estimate of drug-likeness (QED) is 0.800. The molecule has 0 aliphatic carbocycles. The Morgan fingerprint density at radius 1 is 1.30 bits per heavy atom. The fourth-order valence-corrected chi connectivity index (χ4v) is 2.56. The van der Waals surface area contributed by atoms with Gasteiger partial charge in [-0.25, -0.2) is 0 Å². The van der Waals surface area contributed by atoms with Gasteiger partial charge >= 0.3 is 0 Å². The SMILES string of the molecule is CCNC1COCC1C(=O)c1c(OC)cccc1OC. The maximum atomic E-state index is 12.8. The molecule has 1 N–H and O–H groups in total. The van der Waals surface area contributed by atoms with Crippen LogP contribution in [0.2, 0.25) is 0 Å². The second-order valence-electron chi connectivity index (χ2n) is 4.71. The maximum Gasteiger partial charge on any atom is 0.177 e. The standard InChI is InChI=1S/C15H21NO4/c1-4-16-11-9-20-8-10(11)15(17)14-12(18-2)6-5-7-13(14)19-3/h5-7,10-11,16H,4,8-9H2,1-3H3. The average Bonchev–Trinajstić information content (AvgIpc) is 2.94. The zero-order valence-corrected chi connectivity index (χ0v) is 12.1. The second-order valence-corrected chi connectivity index (χ2v) is 4.71. The topological polar surface area (TPSA) is 56.8 Å². The summed E-state index contributed by atoms with van der Waals surface area (Å²) in [6, 6.07) is 5.39. The van der Waals surface area contributed by atoms with E-state index in [0.717, 1.165) is 6.54 Å². The van der Waals surface area contributed by atoms with Gasteiger partial charge in [-0.15, -0.1) is 0 Å². The van der Waals surface area contributed by atoms with E-state index in [2.05, 4.69) is 5.32 Å². The largest absolute Gasteiger partial charge is 0.496 e. The molecule has 2 unspecified atom stereocenters. The van der Waals surface area contributed by atoms with Crippen LogP contribution in [0.1, 0.15) is 17.3 Å². The summed E-state index contributed by atoms with van der Waals surface area (Å²) >= 11 is 0. The van der Waals surface area contributed by atoms with Gasteiger partial charge in [0, 0.05) is 6.04 Å². The van der Waals surface area contributed by atoms with Crippen molar-refractivity contribution in [2.24, 2.45) is 5.92 Å². The number of ether oxygens (including phenoxy) is 3. The van der Waals surface area contributed by atoms with Gasteiger partial charge in [-0.05, 0) is 18.7 Å². The number of benzene rings is 1. The van der Waals surface area contributed by atoms with Gasteiger partial charge in [-0.3, -0.25) is 4.79 Å². The molecule has 0 aromatic heterocycles. The number of nitrogens with one attached hydrogen (secondary N) is 1. The van der Waals surface area contributed by atoms with E-state index in [-0.39, 0.29) is 17.7 Å². The first-order valence-corrected chi connectivity index (χ1v) is 6.79. The fraction of sp³-hybridized carbons (Fsp3) is 0.533. The minimum atomic E-state index is -0.208. The highest BCUT2D eigenvalue weighted by atomic mass is 16.5. The van der Waals surface area contributed by atoms with E-state index in [9.17, 15) is 4.79 Å². The van der Waals surface area contributed by atoms with Crippen molar-refractivity contribution in [3.05, 3.63) is 23.8 Å². The number of methoxy groups -OCH3 is 2. The number of rotatable bonds is 6. The van der Waals surface area contributed by atoms with Gasteiger partial charge in [0.2, 0.25) is 0 Å². The summed E-state index contributed by atoms with van der Waals surface area (Å²) in [4.78, 5) is 12.8. The second kappa shape index (κ2) is 6.72. The monoisotopic (exact) mass is 279 g/mol. The Morgan fingerprint density at radius 3 is 2.50 bits per heavy atom. The highest BCUT2D eigenvalue weighted by molar-refractivity contribution is 6.03. The average molecular weight is 279 g/mol. The number of carbonyl (C=O) groups is 1. The van der Waals surface area contributed by atoms with Crippen molar-refractivity contribution >= 4 is 5.78 Å². The van der Waals surface area contributed by atoms with E-state index in [4.69, 9.17) is 14.2 Å². The van der Waals surface area contributed by atoms with E-state index in [1.807, 2.05) is 6.92 Å². The molecular weight excluding hydrogens is 258 g/mol. The van der Waals surface area contributed by atoms with Crippen molar-refractivity contribution in [2.45, 2.75) is 13.0 Å². The first kappa shape index (κ1) is 14.8. The molecule has 1 saturated heterocycles. The predicted octanol–water partition coefficient (Wildman–Crippen LogP) is 1.51. The number of likely N-dealkylation sites (N-methyl/N-ethyl adjacent to an activating group) is 1. The van der Waals surface area contributed by atoms with Crippen LogP contribution in [0.15, 0.2) is 18.2 Å². The minimum absolute atomic E-state index is 0.00255. The zero-order valence-electron chi connectivity index (χ0n) is 12.1. The molecule has 5 heteroatoms. The van der Waals surface area contributed by atoms with Crippen molar-refractivity contribution in [1.29, 1.82) is 0 Å². The molecule has 110 valence electrons. The summed E-state index contributed by atoms with van der Waals surface area (Å²) in [7, 11) is 3.11. The van der Waals surface area contributed by atoms with Crippen LogP contribution < -0.4 is 14.8 Å². The fourth-order valence-electron chi connectivity index (χ4n) is 2.56. The third-order valence-corrected chi connectivity index (χ3v) is 3.56. The maximum absolute atomic E-state index is 12.8. The molecule has 1 aliphatic heterocycles. The number of ketones is 1. The number of hydrogen-bond donors (Lipinski definition) is 1. The van der Waals surface area contributed by atoms with Crippen LogP contribution in [0.25, 0.3) is 0 Å². The number of hydrogen-bond acceptors (Lipinski definition) is 5. The Balaban J connectivity index is 2.32. The van der Waals surface area contributed by atoms with Crippen molar-refractivity contribution in [3.8, 4) is 11.5 Å². The van der Waals surface area contributed by atoms with Crippen LogP contribution in [-0.4, -0.2) is 45.8 Å². The predicted molar refractivity (Wildman–Crippen MR) is 75.7 cm³/mol. The lowest BCUT2D eigenvalue weighted by Crippen LogP contribution is -2.39. The molecule has 5 nitrogen and oxygen atoms in total.